The molecule has 1 aromatic carbocycles. The average Bonchev–Trinajstić information content (AvgIpc) is 3.16. The maximum absolute atomic E-state index is 10.6. The Morgan fingerprint density at radius 2 is 1.90 bits per heavy atom. The quantitative estimate of drug-likeness (QED) is 0.673. The SMILES string of the molecule is Cc1nn(C)c(C)c1CN(C)CCc1[nH]nc2ccccc12.O=C(O)C(F)(F)F. The molecule has 0 unspecified atom stereocenters. The number of carboxylic acid groups (broad SMARTS) is 1. The first kappa shape index (κ1) is 22.4. The maximum atomic E-state index is 10.6. The summed E-state index contributed by atoms with van der Waals surface area (Å²) in [6.45, 7) is 6.13. The zero-order valence-corrected chi connectivity index (χ0v) is 16.7. The van der Waals surface area contributed by atoms with Crippen LogP contribution in [-0.2, 0) is 24.8 Å². The van der Waals surface area contributed by atoms with Crippen molar-refractivity contribution < 1.29 is 23.1 Å². The lowest BCUT2D eigenvalue weighted by Crippen LogP contribution is -2.21. The van der Waals surface area contributed by atoms with Gasteiger partial charge in [0.25, 0.3) is 0 Å². The van der Waals surface area contributed by atoms with E-state index in [1.807, 2.05) is 23.9 Å². The van der Waals surface area contributed by atoms with Crippen molar-refractivity contribution in [3.05, 3.63) is 46.9 Å². The van der Waals surface area contributed by atoms with Gasteiger partial charge in [-0.05, 0) is 27.0 Å². The topological polar surface area (TPSA) is 87.0 Å². The van der Waals surface area contributed by atoms with Crippen LogP contribution in [0.15, 0.2) is 24.3 Å². The third-order valence-electron chi connectivity index (χ3n) is 4.61. The minimum atomic E-state index is -5.08. The van der Waals surface area contributed by atoms with Crippen molar-refractivity contribution in [1.82, 2.24) is 24.9 Å². The molecule has 0 aliphatic carbocycles. The van der Waals surface area contributed by atoms with Gasteiger partial charge in [-0.25, -0.2) is 4.79 Å². The number of carboxylic acids is 1. The minimum absolute atomic E-state index is 0.928. The number of H-pyrrole nitrogens is 1. The van der Waals surface area contributed by atoms with Gasteiger partial charge in [0.1, 0.15) is 0 Å². The van der Waals surface area contributed by atoms with Crippen molar-refractivity contribution in [2.75, 3.05) is 13.6 Å². The highest BCUT2D eigenvalue weighted by Gasteiger charge is 2.38. The van der Waals surface area contributed by atoms with Crippen molar-refractivity contribution in [2.45, 2.75) is 33.0 Å². The molecule has 3 rings (SSSR count). The van der Waals surface area contributed by atoms with E-state index in [1.165, 1.54) is 22.3 Å². The Morgan fingerprint density at radius 3 is 2.45 bits per heavy atom. The van der Waals surface area contributed by atoms with Gasteiger partial charge < -0.3 is 10.0 Å². The number of aromatic amines is 1. The summed E-state index contributed by atoms with van der Waals surface area (Å²) in [4.78, 5) is 11.2. The predicted molar refractivity (Wildman–Crippen MR) is 103 cm³/mol. The third-order valence-corrected chi connectivity index (χ3v) is 4.61. The summed E-state index contributed by atoms with van der Waals surface area (Å²) < 4.78 is 33.7. The number of nitrogens with zero attached hydrogens (tertiary/aromatic N) is 4. The molecule has 2 N–H and O–H groups in total. The molecule has 0 fully saturated rings. The first-order chi connectivity index (χ1) is 13.5. The highest BCUT2D eigenvalue weighted by atomic mass is 19.4. The first-order valence-electron chi connectivity index (χ1n) is 8.90. The van der Waals surface area contributed by atoms with E-state index >= 15 is 0 Å². The van der Waals surface area contributed by atoms with Gasteiger partial charge >= 0.3 is 12.1 Å². The summed E-state index contributed by atoms with van der Waals surface area (Å²) in [5.74, 6) is -2.76. The van der Waals surface area contributed by atoms with Crippen LogP contribution >= 0.6 is 0 Å². The fourth-order valence-electron chi connectivity index (χ4n) is 2.90. The van der Waals surface area contributed by atoms with E-state index in [4.69, 9.17) is 9.90 Å². The second-order valence-electron chi connectivity index (χ2n) is 6.78. The van der Waals surface area contributed by atoms with Crippen LogP contribution in [0.2, 0.25) is 0 Å². The first-order valence-corrected chi connectivity index (χ1v) is 8.90. The average molecular weight is 411 g/mol. The molecule has 3 aromatic rings. The maximum Gasteiger partial charge on any atom is 0.490 e. The minimum Gasteiger partial charge on any atom is -0.475 e. The highest BCUT2D eigenvalue weighted by molar-refractivity contribution is 5.81. The summed E-state index contributed by atoms with van der Waals surface area (Å²) in [7, 11) is 4.16. The number of aryl methyl sites for hydroxylation is 2. The number of benzene rings is 1. The van der Waals surface area contributed by atoms with E-state index in [0.29, 0.717) is 0 Å². The van der Waals surface area contributed by atoms with E-state index in [2.05, 4.69) is 53.2 Å². The third kappa shape index (κ3) is 5.80. The van der Waals surface area contributed by atoms with Crippen LogP contribution in [0.4, 0.5) is 13.2 Å². The number of aromatic nitrogens is 4. The van der Waals surface area contributed by atoms with Crippen molar-refractivity contribution >= 4 is 16.9 Å². The largest absolute Gasteiger partial charge is 0.490 e. The van der Waals surface area contributed by atoms with Crippen molar-refractivity contribution in [1.29, 1.82) is 0 Å². The molecule has 2 aromatic heterocycles. The zero-order valence-electron chi connectivity index (χ0n) is 16.7. The Morgan fingerprint density at radius 1 is 1.28 bits per heavy atom. The Bertz CT molecular complexity index is 978. The number of carbonyl (C=O) groups is 1. The van der Waals surface area contributed by atoms with Crippen molar-refractivity contribution in [2.24, 2.45) is 7.05 Å². The van der Waals surface area contributed by atoms with Crippen LogP contribution in [-0.4, -0.2) is 55.7 Å². The highest BCUT2D eigenvalue weighted by Crippen LogP contribution is 2.17. The molecule has 2 heterocycles. The van der Waals surface area contributed by atoms with Crippen LogP contribution in [0, 0.1) is 13.8 Å². The van der Waals surface area contributed by atoms with Crippen LogP contribution < -0.4 is 0 Å². The van der Waals surface area contributed by atoms with Gasteiger partial charge in [0.15, 0.2) is 0 Å². The zero-order chi connectivity index (χ0) is 21.8. The molecule has 29 heavy (non-hydrogen) atoms. The lowest BCUT2D eigenvalue weighted by atomic mass is 10.1. The second kappa shape index (κ2) is 9.08. The molecule has 0 spiro atoms. The van der Waals surface area contributed by atoms with Gasteiger partial charge in [-0.2, -0.15) is 23.4 Å². The van der Waals surface area contributed by atoms with Gasteiger partial charge in [0, 0.05) is 48.9 Å². The molecule has 0 saturated heterocycles. The van der Waals surface area contributed by atoms with E-state index in [-0.39, 0.29) is 0 Å². The summed E-state index contributed by atoms with van der Waals surface area (Å²) in [5.41, 5.74) is 5.95. The van der Waals surface area contributed by atoms with E-state index in [9.17, 15) is 13.2 Å². The fraction of sp³-hybridized carbons (Fsp3) is 0.421. The molecule has 10 heteroatoms. The lowest BCUT2D eigenvalue weighted by molar-refractivity contribution is -0.192. The molecule has 0 bridgehead atoms. The number of alkyl halides is 3. The number of aliphatic carboxylic acids is 1. The molecule has 0 radical (unpaired) electrons. The van der Waals surface area contributed by atoms with Crippen molar-refractivity contribution in [3.63, 3.8) is 0 Å². The van der Waals surface area contributed by atoms with E-state index in [1.54, 1.807) is 0 Å². The number of likely N-dealkylation sites (N-methyl/N-ethyl adjacent to an activating group) is 1. The van der Waals surface area contributed by atoms with Crippen molar-refractivity contribution in [3.8, 4) is 0 Å². The van der Waals surface area contributed by atoms with Gasteiger partial charge in [-0.15, -0.1) is 0 Å². The molecule has 0 amide bonds. The van der Waals surface area contributed by atoms with Gasteiger partial charge in [0.05, 0.1) is 11.2 Å². The Labute approximate surface area is 166 Å². The number of halogens is 3. The lowest BCUT2D eigenvalue weighted by Gasteiger charge is -2.16. The van der Waals surface area contributed by atoms with Crippen LogP contribution in [0.5, 0.6) is 0 Å². The summed E-state index contributed by atoms with van der Waals surface area (Å²) in [6, 6.07) is 8.26. The van der Waals surface area contributed by atoms with Gasteiger partial charge in [0.2, 0.25) is 0 Å². The Hall–Kier alpha value is -2.88. The normalized spacial score (nSPS) is 11.6. The number of rotatable bonds is 5. The smallest absolute Gasteiger partial charge is 0.475 e. The molecule has 0 aliphatic rings. The summed E-state index contributed by atoms with van der Waals surface area (Å²) in [5, 5.41) is 20.4. The summed E-state index contributed by atoms with van der Waals surface area (Å²) >= 11 is 0. The molecule has 158 valence electrons. The Balaban J connectivity index is 0.000000370. The number of hydrogen-bond acceptors (Lipinski definition) is 4. The standard InChI is InChI=1S/C17H23N5.C2HF3O2/c1-12-15(13(2)22(4)20-12)11-21(3)10-9-17-14-7-5-6-8-16(14)18-19-17;3-2(4,5)1(6)7/h5-8H,9-11H2,1-4H3,(H,18,19);(H,6,7). The molecule has 7 nitrogen and oxygen atoms in total. The molecule has 0 saturated carbocycles. The predicted octanol–water partition coefficient (Wildman–Crippen LogP) is 3.22. The second-order valence-corrected chi connectivity index (χ2v) is 6.78. The van der Waals surface area contributed by atoms with Gasteiger partial charge in [-0.1, -0.05) is 18.2 Å². The number of para-hydroxylation sites is 1. The fourth-order valence-corrected chi connectivity index (χ4v) is 2.90. The van der Waals surface area contributed by atoms with Crippen LogP contribution in [0.1, 0.15) is 22.6 Å². The molecular weight excluding hydrogens is 387 g/mol. The molecule has 0 atom stereocenters. The molecular formula is C19H24F3N5O2. The number of nitrogens with one attached hydrogen (secondary N) is 1. The van der Waals surface area contributed by atoms with Gasteiger partial charge in [-0.3, -0.25) is 9.78 Å². The number of fused-ring (bicyclic) bond motifs is 1. The summed E-state index contributed by atoms with van der Waals surface area (Å²) in [6.07, 6.45) is -4.12. The monoisotopic (exact) mass is 411 g/mol. The molecule has 0 aliphatic heterocycles. The van der Waals surface area contributed by atoms with E-state index in [0.717, 1.165) is 30.7 Å². The Kier molecular flexibility index (Phi) is 7.02. The van der Waals surface area contributed by atoms with Crippen LogP contribution in [0.25, 0.3) is 10.9 Å². The number of hydrogen-bond donors (Lipinski definition) is 2. The van der Waals surface area contributed by atoms with Crippen LogP contribution in [0.3, 0.4) is 0 Å². The van der Waals surface area contributed by atoms with E-state index < -0.39 is 12.1 Å².